The van der Waals surface area contributed by atoms with Gasteiger partial charge in [-0.25, -0.2) is 4.79 Å². The molecule has 1 aromatic carbocycles. The van der Waals surface area contributed by atoms with Crippen LogP contribution in [0.4, 0.5) is 0 Å². The van der Waals surface area contributed by atoms with Crippen molar-refractivity contribution in [1.29, 1.82) is 0 Å². The van der Waals surface area contributed by atoms with Crippen molar-refractivity contribution in [3.8, 4) is 0 Å². The molecule has 0 N–H and O–H groups in total. The summed E-state index contributed by atoms with van der Waals surface area (Å²) in [5.74, 6) is -0.351. The normalized spacial score (nSPS) is 10.8. The van der Waals surface area contributed by atoms with E-state index in [1.165, 1.54) is 22.7 Å². The Morgan fingerprint density at radius 2 is 1.96 bits per heavy atom. The zero-order chi connectivity index (χ0) is 16.2. The number of fused-ring (bicyclic) bond motifs is 1. The van der Waals surface area contributed by atoms with Gasteiger partial charge in [-0.1, -0.05) is 35.9 Å². The van der Waals surface area contributed by atoms with Crippen LogP contribution in [0, 0.1) is 0 Å². The van der Waals surface area contributed by atoms with Gasteiger partial charge in [-0.2, -0.15) is 0 Å². The van der Waals surface area contributed by atoms with Gasteiger partial charge in [0, 0.05) is 16.5 Å². The summed E-state index contributed by atoms with van der Waals surface area (Å²) < 4.78 is 6.20. The van der Waals surface area contributed by atoms with E-state index in [-0.39, 0.29) is 12.4 Å². The number of rotatable bonds is 6. The minimum Gasteiger partial charge on any atom is -0.461 e. The minimum absolute atomic E-state index is 0.0796. The number of ether oxygens (including phenoxy) is 1. The summed E-state index contributed by atoms with van der Waals surface area (Å²) >= 11 is 8.99. The highest BCUT2D eigenvalue weighted by molar-refractivity contribution is 7.21. The Morgan fingerprint density at radius 3 is 2.70 bits per heavy atom. The summed E-state index contributed by atoms with van der Waals surface area (Å²) in [5, 5.41) is 3.17. The lowest BCUT2D eigenvalue weighted by atomic mass is 10.2. The highest BCUT2D eigenvalue weighted by atomic mass is 35.5. The molecular weight excluding hydrogens is 352 g/mol. The van der Waals surface area contributed by atoms with Crippen molar-refractivity contribution in [3.63, 3.8) is 0 Å². The number of carbonyl (C=O) groups excluding carboxylic acids is 2. The first-order valence-electron chi connectivity index (χ1n) is 7.07. The third-order valence-corrected chi connectivity index (χ3v) is 5.86. The van der Waals surface area contributed by atoms with E-state index in [2.05, 4.69) is 0 Å². The van der Waals surface area contributed by atoms with Gasteiger partial charge in [-0.3, -0.25) is 4.79 Å². The lowest BCUT2D eigenvalue weighted by Gasteiger charge is -2.03. The molecule has 0 bridgehead atoms. The first kappa shape index (κ1) is 16.2. The fourth-order valence-electron chi connectivity index (χ4n) is 2.17. The predicted octanol–water partition coefficient (Wildman–Crippen LogP) is 5.44. The third-order valence-electron chi connectivity index (χ3n) is 3.30. The number of benzene rings is 1. The van der Waals surface area contributed by atoms with Gasteiger partial charge in [0.2, 0.25) is 0 Å². The van der Waals surface area contributed by atoms with Crippen LogP contribution in [0.15, 0.2) is 41.8 Å². The Labute approximate surface area is 146 Å². The molecule has 23 heavy (non-hydrogen) atoms. The van der Waals surface area contributed by atoms with E-state index in [1.54, 1.807) is 6.07 Å². The van der Waals surface area contributed by atoms with E-state index >= 15 is 0 Å². The van der Waals surface area contributed by atoms with Crippen molar-refractivity contribution < 1.29 is 14.3 Å². The molecule has 0 aliphatic rings. The molecule has 0 aliphatic heterocycles. The van der Waals surface area contributed by atoms with Crippen molar-refractivity contribution in [2.75, 3.05) is 6.61 Å². The topological polar surface area (TPSA) is 43.4 Å². The SMILES string of the molecule is O=C(CCCOC(=O)c1sc2ccccc2c1Cl)c1cccs1. The maximum absolute atomic E-state index is 12.1. The summed E-state index contributed by atoms with van der Waals surface area (Å²) in [6.07, 6.45) is 0.874. The average Bonchev–Trinajstić information content (AvgIpc) is 3.20. The fourth-order valence-corrected chi connectivity index (χ4v) is 4.27. The molecule has 0 atom stereocenters. The summed E-state index contributed by atoms with van der Waals surface area (Å²) in [6.45, 7) is 0.209. The molecular formula is C17H13ClO3S2. The van der Waals surface area contributed by atoms with Gasteiger partial charge < -0.3 is 4.74 Å². The molecule has 3 rings (SSSR count). The third kappa shape index (κ3) is 3.63. The Bertz CT molecular complexity index is 837. The highest BCUT2D eigenvalue weighted by Gasteiger charge is 2.18. The van der Waals surface area contributed by atoms with E-state index in [0.29, 0.717) is 22.7 Å². The van der Waals surface area contributed by atoms with Crippen LogP contribution in [0.5, 0.6) is 0 Å². The first-order valence-corrected chi connectivity index (χ1v) is 9.15. The fraction of sp³-hybridized carbons (Fsp3) is 0.176. The molecule has 2 aromatic heterocycles. The molecule has 6 heteroatoms. The zero-order valence-corrected chi connectivity index (χ0v) is 14.5. The number of carbonyl (C=O) groups is 2. The Hall–Kier alpha value is -1.69. The van der Waals surface area contributed by atoms with Crippen LogP contribution in [0.2, 0.25) is 5.02 Å². The van der Waals surface area contributed by atoms with Crippen LogP contribution in [0.25, 0.3) is 10.1 Å². The quantitative estimate of drug-likeness (QED) is 0.332. The van der Waals surface area contributed by atoms with E-state index in [4.69, 9.17) is 16.3 Å². The molecule has 0 unspecified atom stereocenters. The maximum Gasteiger partial charge on any atom is 0.349 e. The van der Waals surface area contributed by atoms with Crippen molar-refractivity contribution in [2.45, 2.75) is 12.8 Å². The predicted molar refractivity (Wildman–Crippen MR) is 95.0 cm³/mol. The van der Waals surface area contributed by atoms with Crippen molar-refractivity contribution in [2.24, 2.45) is 0 Å². The summed E-state index contributed by atoms with van der Waals surface area (Å²) in [7, 11) is 0. The Kier molecular flexibility index (Phi) is 5.10. The number of halogens is 1. The molecule has 3 nitrogen and oxygen atoms in total. The second kappa shape index (κ2) is 7.25. The van der Waals surface area contributed by atoms with Crippen LogP contribution < -0.4 is 0 Å². The number of Topliss-reactive ketones (excluding diaryl/α,β-unsaturated/α-hetero) is 1. The minimum atomic E-state index is -0.431. The van der Waals surface area contributed by atoms with Crippen LogP contribution in [-0.2, 0) is 4.74 Å². The Morgan fingerprint density at radius 1 is 1.13 bits per heavy atom. The lowest BCUT2D eigenvalue weighted by Crippen LogP contribution is -2.07. The standard InChI is InChI=1S/C17H13ClO3S2/c18-15-11-5-1-2-7-13(11)23-16(15)17(20)21-9-3-6-12(19)14-8-4-10-22-14/h1-2,4-5,7-8,10H,3,6,9H2. The summed E-state index contributed by atoms with van der Waals surface area (Å²) in [6, 6.07) is 11.2. The zero-order valence-electron chi connectivity index (χ0n) is 12.1. The molecule has 3 aromatic rings. The van der Waals surface area contributed by atoms with Gasteiger partial charge >= 0.3 is 5.97 Å². The number of esters is 1. The highest BCUT2D eigenvalue weighted by Crippen LogP contribution is 2.35. The smallest absolute Gasteiger partial charge is 0.349 e. The van der Waals surface area contributed by atoms with Gasteiger partial charge in [-0.05, 0) is 23.9 Å². The van der Waals surface area contributed by atoms with Gasteiger partial charge in [0.05, 0.1) is 16.5 Å². The van der Waals surface area contributed by atoms with E-state index in [9.17, 15) is 9.59 Å². The van der Waals surface area contributed by atoms with Gasteiger partial charge in [-0.15, -0.1) is 22.7 Å². The van der Waals surface area contributed by atoms with Crippen molar-refractivity contribution in [1.82, 2.24) is 0 Å². The van der Waals surface area contributed by atoms with E-state index < -0.39 is 5.97 Å². The van der Waals surface area contributed by atoms with Gasteiger partial charge in [0.25, 0.3) is 0 Å². The van der Waals surface area contributed by atoms with Crippen LogP contribution in [0.3, 0.4) is 0 Å². The Balaban J connectivity index is 1.55. The van der Waals surface area contributed by atoms with Crippen molar-refractivity contribution in [3.05, 3.63) is 56.6 Å². The summed E-state index contributed by atoms with van der Waals surface area (Å²) in [4.78, 5) is 25.1. The number of hydrogen-bond donors (Lipinski definition) is 0. The molecule has 0 amide bonds. The van der Waals surface area contributed by atoms with Crippen LogP contribution in [-0.4, -0.2) is 18.4 Å². The van der Waals surface area contributed by atoms with E-state index in [1.807, 2.05) is 35.7 Å². The second-order valence-electron chi connectivity index (χ2n) is 4.88. The largest absolute Gasteiger partial charge is 0.461 e. The van der Waals surface area contributed by atoms with Crippen LogP contribution >= 0.6 is 34.3 Å². The monoisotopic (exact) mass is 364 g/mol. The number of ketones is 1. The van der Waals surface area contributed by atoms with Crippen molar-refractivity contribution >= 4 is 56.1 Å². The molecule has 2 heterocycles. The first-order chi connectivity index (χ1) is 11.2. The number of thiophene rings is 2. The molecule has 118 valence electrons. The van der Waals surface area contributed by atoms with Crippen LogP contribution in [0.1, 0.15) is 32.2 Å². The molecule has 0 spiro atoms. The van der Waals surface area contributed by atoms with E-state index in [0.717, 1.165) is 15.0 Å². The second-order valence-corrected chi connectivity index (χ2v) is 7.26. The number of hydrogen-bond acceptors (Lipinski definition) is 5. The molecule has 0 aliphatic carbocycles. The lowest BCUT2D eigenvalue weighted by molar-refractivity contribution is 0.0500. The molecule has 0 saturated carbocycles. The molecule has 0 fully saturated rings. The molecule has 0 saturated heterocycles. The summed E-state index contributed by atoms with van der Waals surface area (Å²) in [5.41, 5.74) is 0. The average molecular weight is 365 g/mol. The maximum atomic E-state index is 12.1. The molecule has 0 radical (unpaired) electrons. The van der Waals surface area contributed by atoms with Gasteiger partial charge in [0.1, 0.15) is 4.88 Å². The van der Waals surface area contributed by atoms with Gasteiger partial charge in [0.15, 0.2) is 5.78 Å².